The molecule has 0 radical (unpaired) electrons. The van der Waals surface area contributed by atoms with Crippen molar-refractivity contribution in [2.24, 2.45) is 7.05 Å². The molecule has 17 heavy (non-hydrogen) atoms. The minimum Gasteiger partial charge on any atom is -0.480 e. The van der Waals surface area contributed by atoms with E-state index in [1.165, 1.54) is 0 Å². The molecule has 7 nitrogen and oxygen atoms in total. The van der Waals surface area contributed by atoms with Gasteiger partial charge in [0.25, 0.3) is 0 Å². The normalized spacial score (nSPS) is 12.6. The average molecular weight is 235 g/mol. The predicted octanol–water partition coefficient (Wildman–Crippen LogP) is 0.557. The Hall–Kier alpha value is -2.18. The summed E-state index contributed by atoms with van der Waals surface area (Å²) < 4.78 is 1.55. The van der Waals surface area contributed by atoms with Gasteiger partial charge in [0, 0.05) is 12.7 Å². The Kier molecular flexibility index (Phi) is 2.66. The van der Waals surface area contributed by atoms with Crippen LogP contribution in [-0.4, -0.2) is 37.1 Å². The van der Waals surface area contributed by atoms with Crippen molar-refractivity contribution >= 4 is 22.8 Å². The Morgan fingerprint density at radius 2 is 2.29 bits per heavy atom. The number of rotatable bonds is 3. The SMILES string of the molecule is Cc1cc(NC(C)C(=O)O)c2nnn(C)c2n1. The molecule has 1 atom stereocenters. The fraction of sp³-hybridized carbons (Fsp3) is 0.400. The second-order valence-corrected chi connectivity index (χ2v) is 3.90. The fourth-order valence-corrected chi connectivity index (χ4v) is 1.53. The number of pyridine rings is 1. The van der Waals surface area contributed by atoms with Crippen LogP contribution in [0.2, 0.25) is 0 Å². The van der Waals surface area contributed by atoms with Crippen molar-refractivity contribution in [1.29, 1.82) is 0 Å². The number of aliphatic carboxylic acids is 1. The summed E-state index contributed by atoms with van der Waals surface area (Å²) in [4.78, 5) is 15.1. The van der Waals surface area contributed by atoms with E-state index < -0.39 is 12.0 Å². The molecule has 7 heteroatoms. The van der Waals surface area contributed by atoms with Crippen molar-refractivity contribution in [3.63, 3.8) is 0 Å². The Bertz CT molecular complexity index is 577. The van der Waals surface area contributed by atoms with Crippen molar-refractivity contribution in [1.82, 2.24) is 20.0 Å². The van der Waals surface area contributed by atoms with Crippen LogP contribution in [0.5, 0.6) is 0 Å². The number of carbonyl (C=O) groups is 1. The largest absolute Gasteiger partial charge is 0.480 e. The highest BCUT2D eigenvalue weighted by molar-refractivity contribution is 5.88. The third kappa shape index (κ3) is 2.03. The van der Waals surface area contributed by atoms with E-state index >= 15 is 0 Å². The minimum atomic E-state index is -0.920. The number of hydrogen-bond acceptors (Lipinski definition) is 5. The number of nitrogens with zero attached hydrogens (tertiary/aromatic N) is 4. The molecule has 0 amide bonds. The van der Waals surface area contributed by atoms with Gasteiger partial charge in [0.05, 0.1) is 5.69 Å². The molecule has 2 rings (SSSR count). The Morgan fingerprint density at radius 3 is 2.94 bits per heavy atom. The maximum atomic E-state index is 10.8. The van der Waals surface area contributed by atoms with Gasteiger partial charge >= 0.3 is 5.97 Å². The zero-order valence-electron chi connectivity index (χ0n) is 9.80. The molecular formula is C10H13N5O2. The Morgan fingerprint density at radius 1 is 1.59 bits per heavy atom. The number of nitrogens with one attached hydrogen (secondary N) is 1. The van der Waals surface area contributed by atoms with E-state index in [2.05, 4.69) is 20.6 Å². The van der Waals surface area contributed by atoms with Crippen LogP contribution >= 0.6 is 0 Å². The highest BCUT2D eigenvalue weighted by Gasteiger charge is 2.15. The summed E-state index contributed by atoms with van der Waals surface area (Å²) in [7, 11) is 1.74. The molecule has 0 aliphatic rings. The first-order chi connectivity index (χ1) is 7.99. The van der Waals surface area contributed by atoms with E-state index in [0.717, 1.165) is 5.69 Å². The monoisotopic (exact) mass is 235 g/mol. The van der Waals surface area contributed by atoms with Gasteiger partial charge in [-0.2, -0.15) is 0 Å². The smallest absolute Gasteiger partial charge is 0.325 e. The van der Waals surface area contributed by atoms with E-state index in [1.807, 2.05) is 6.92 Å². The molecule has 0 aromatic carbocycles. The number of aryl methyl sites for hydroxylation is 2. The van der Waals surface area contributed by atoms with Crippen LogP contribution in [0.25, 0.3) is 11.2 Å². The van der Waals surface area contributed by atoms with E-state index in [4.69, 9.17) is 5.11 Å². The molecule has 2 aromatic heterocycles. The molecule has 90 valence electrons. The standard InChI is InChI=1S/C10H13N5O2/c1-5-4-7(12-6(2)10(16)17)8-9(11-5)15(3)14-13-8/h4,6H,1-3H3,(H,11,12)(H,16,17). The number of fused-ring (bicyclic) bond motifs is 1. The molecular weight excluding hydrogens is 222 g/mol. The van der Waals surface area contributed by atoms with Crippen LogP contribution in [0.4, 0.5) is 5.69 Å². The lowest BCUT2D eigenvalue weighted by Gasteiger charge is -2.11. The fourth-order valence-electron chi connectivity index (χ4n) is 1.53. The first-order valence-corrected chi connectivity index (χ1v) is 5.15. The van der Waals surface area contributed by atoms with Gasteiger partial charge in [-0.25, -0.2) is 9.67 Å². The Labute approximate surface area is 97.5 Å². The lowest BCUT2D eigenvalue weighted by atomic mass is 10.2. The molecule has 0 saturated carbocycles. The molecule has 1 unspecified atom stereocenters. The van der Waals surface area contributed by atoms with Crippen LogP contribution in [0.15, 0.2) is 6.07 Å². The lowest BCUT2D eigenvalue weighted by molar-refractivity contribution is -0.137. The minimum absolute atomic E-state index is 0.575. The summed E-state index contributed by atoms with van der Waals surface area (Å²) in [5, 5.41) is 19.6. The first-order valence-electron chi connectivity index (χ1n) is 5.15. The zero-order chi connectivity index (χ0) is 12.6. The summed E-state index contributed by atoms with van der Waals surface area (Å²) in [6, 6.07) is 1.07. The summed E-state index contributed by atoms with van der Waals surface area (Å²) in [5.41, 5.74) is 2.62. The molecule has 0 saturated heterocycles. The van der Waals surface area contributed by atoms with Crippen LogP contribution in [0.3, 0.4) is 0 Å². The van der Waals surface area contributed by atoms with E-state index in [9.17, 15) is 4.79 Å². The third-order valence-corrected chi connectivity index (χ3v) is 2.43. The predicted molar refractivity (Wildman–Crippen MR) is 61.8 cm³/mol. The van der Waals surface area contributed by atoms with Crippen molar-refractivity contribution < 1.29 is 9.90 Å². The second-order valence-electron chi connectivity index (χ2n) is 3.90. The lowest BCUT2D eigenvalue weighted by Crippen LogP contribution is -2.25. The maximum absolute atomic E-state index is 10.8. The number of aromatic nitrogens is 4. The number of carboxylic acid groups (broad SMARTS) is 1. The van der Waals surface area contributed by atoms with E-state index in [1.54, 1.807) is 24.7 Å². The third-order valence-electron chi connectivity index (χ3n) is 2.43. The number of anilines is 1. The zero-order valence-corrected chi connectivity index (χ0v) is 9.80. The maximum Gasteiger partial charge on any atom is 0.325 e. The molecule has 0 bridgehead atoms. The summed E-state index contributed by atoms with van der Waals surface area (Å²) >= 11 is 0. The van der Waals surface area contributed by atoms with Crippen molar-refractivity contribution in [2.75, 3.05) is 5.32 Å². The topological polar surface area (TPSA) is 92.9 Å². The average Bonchev–Trinajstić information content (AvgIpc) is 2.60. The quantitative estimate of drug-likeness (QED) is 0.807. The highest BCUT2D eigenvalue weighted by atomic mass is 16.4. The molecule has 0 aliphatic carbocycles. The molecule has 2 heterocycles. The molecule has 2 aromatic rings. The van der Waals surface area contributed by atoms with Gasteiger partial charge < -0.3 is 10.4 Å². The van der Waals surface area contributed by atoms with Gasteiger partial charge in [0.2, 0.25) is 0 Å². The number of hydrogen-bond donors (Lipinski definition) is 2. The van der Waals surface area contributed by atoms with E-state index in [-0.39, 0.29) is 0 Å². The highest BCUT2D eigenvalue weighted by Crippen LogP contribution is 2.20. The van der Waals surface area contributed by atoms with Crippen molar-refractivity contribution in [2.45, 2.75) is 19.9 Å². The first kappa shape index (κ1) is 11.3. The van der Waals surface area contributed by atoms with Crippen LogP contribution < -0.4 is 5.32 Å². The van der Waals surface area contributed by atoms with Crippen LogP contribution in [0, 0.1) is 6.92 Å². The summed E-state index contributed by atoms with van der Waals surface area (Å²) in [6.45, 7) is 3.41. The van der Waals surface area contributed by atoms with Crippen molar-refractivity contribution in [3.05, 3.63) is 11.8 Å². The molecule has 0 fully saturated rings. The van der Waals surface area contributed by atoms with Crippen LogP contribution in [-0.2, 0) is 11.8 Å². The van der Waals surface area contributed by atoms with Gasteiger partial charge in [-0.3, -0.25) is 4.79 Å². The van der Waals surface area contributed by atoms with Gasteiger partial charge in [-0.05, 0) is 19.9 Å². The molecule has 2 N–H and O–H groups in total. The Balaban J connectivity index is 2.49. The molecule has 0 spiro atoms. The summed E-state index contributed by atoms with van der Waals surface area (Å²) in [5.74, 6) is -0.920. The number of carboxylic acids is 1. The van der Waals surface area contributed by atoms with Crippen molar-refractivity contribution in [3.8, 4) is 0 Å². The van der Waals surface area contributed by atoms with Crippen LogP contribution in [0.1, 0.15) is 12.6 Å². The molecule has 0 aliphatic heterocycles. The van der Waals surface area contributed by atoms with Gasteiger partial charge in [0.15, 0.2) is 11.2 Å². The van der Waals surface area contributed by atoms with E-state index in [0.29, 0.717) is 16.9 Å². The summed E-state index contributed by atoms with van der Waals surface area (Å²) in [6.07, 6.45) is 0. The van der Waals surface area contributed by atoms with Gasteiger partial charge in [-0.15, -0.1) is 5.10 Å². The second kappa shape index (κ2) is 4.00. The van der Waals surface area contributed by atoms with Gasteiger partial charge in [-0.1, -0.05) is 5.21 Å². The van der Waals surface area contributed by atoms with Gasteiger partial charge in [0.1, 0.15) is 6.04 Å².